The molecule has 1 aromatic rings. The Balaban J connectivity index is 1.47. The van der Waals surface area contributed by atoms with E-state index in [1.807, 2.05) is 0 Å². The quantitative estimate of drug-likeness (QED) is 0.845. The fourth-order valence-electron chi connectivity index (χ4n) is 3.87. The lowest BCUT2D eigenvalue weighted by molar-refractivity contribution is -0.134. The number of rotatable bonds is 6. The summed E-state index contributed by atoms with van der Waals surface area (Å²) in [7, 11) is 0. The molecule has 2 fully saturated rings. The Kier molecular flexibility index (Phi) is 6.48. The fraction of sp³-hybridized carbons (Fsp3) is 0.684. The molecule has 2 amide bonds. The summed E-state index contributed by atoms with van der Waals surface area (Å²) in [5.74, 6) is 0.540. The number of thiophene rings is 1. The van der Waals surface area contributed by atoms with Crippen LogP contribution in [-0.4, -0.2) is 54.3 Å². The largest absolute Gasteiger partial charge is 0.356 e. The molecule has 0 aliphatic carbocycles. The molecule has 0 radical (unpaired) electrons. The Morgan fingerprint density at radius 2 is 2.04 bits per heavy atom. The molecule has 25 heavy (non-hydrogen) atoms. The third kappa shape index (κ3) is 4.61. The summed E-state index contributed by atoms with van der Waals surface area (Å²) in [5.41, 5.74) is 0. The van der Waals surface area contributed by atoms with Gasteiger partial charge < -0.3 is 10.2 Å². The Morgan fingerprint density at radius 3 is 2.72 bits per heavy atom. The van der Waals surface area contributed by atoms with Gasteiger partial charge in [0.1, 0.15) is 0 Å². The van der Waals surface area contributed by atoms with Crippen molar-refractivity contribution in [3.05, 3.63) is 22.4 Å². The van der Waals surface area contributed by atoms with Crippen molar-refractivity contribution in [1.29, 1.82) is 0 Å². The minimum Gasteiger partial charge on any atom is -0.356 e. The van der Waals surface area contributed by atoms with Crippen LogP contribution in [-0.2, 0) is 9.59 Å². The van der Waals surface area contributed by atoms with Gasteiger partial charge in [0.2, 0.25) is 11.8 Å². The van der Waals surface area contributed by atoms with E-state index in [-0.39, 0.29) is 23.8 Å². The first-order valence-electron chi connectivity index (χ1n) is 9.52. The second-order valence-corrected chi connectivity index (χ2v) is 8.08. The van der Waals surface area contributed by atoms with Crippen LogP contribution < -0.4 is 5.32 Å². The Morgan fingerprint density at radius 1 is 1.24 bits per heavy atom. The predicted octanol–water partition coefficient (Wildman–Crippen LogP) is 2.65. The molecule has 2 saturated heterocycles. The number of amides is 2. The first kappa shape index (κ1) is 18.4. The van der Waals surface area contributed by atoms with E-state index in [1.165, 1.54) is 4.88 Å². The lowest BCUT2D eigenvalue weighted by atomic mass is 9.96. The number of hydrogen-bond donors (Lipinski definition) is 1. The van der Waals surface area contributed by atoms with Crippen molar-refractivity contribution in [3.63, 3.8) is 0 Å². The average molecular weight is 364 g/mol. The minimum absolute atomic E-state index is 0.114. The van der Waals surface area contributed by atoms with E-state index in [2.05, 4.69) is 39.6 Å². The molecular weight excluding hydrogens is 334 g/mol. The maximum Gasteiger partial charge on any atom is 0.237 e. The first-order valence-corrected chi connectivity index (χ1v) is 10.4. The van der Waals surface area contributed by atoms with Crippen LogP contribution in [0.5, 0.6) is 0 Å². The fourth-order valence-corrected chi connectivity index (χ4v) is 4.74. The summed E-state index contributed by atoms with van der Waals surface area (Å²) in [6.45, 7) is 5.87. The molecule has 1 unspecified atom stereocenters. The van der Waals surface area contributed by atoms with Crippen molar-refractivity contribution in [2.24, 2.45) is 5.92 Å². The van der Waals surface area contributed by atoms with Gasteiger partial charge in [0.15, 0.2) is 0 Å². The summed E-state index contributed by atoms with van der Waals surface area (Å²) in [5, 5.41) is 5.08. The summed E-state index contributed by atoms with van der Waals surface area (Å²) >= 11 is 1.75. The smallest absolute Gasteiger partial charge is 0.237 e. The van der Waals surface area contributed by atoms with E-state index < -0.39 is 0 Å². The van der Waals surface area contributed by atoms with Gasteiger partial charge in [-0.1, -0.05) is 13.0 Å². The van der Waals surface area contributed by atoms with Crippen molar-refractivity contribution in [3.8, 4) is 0 Å². The first-order chi connectivity index (χ1) is 12.2. The Labute approximate surface area is 154 Å². The van der Waals surface area contributed by atoms with E-state index in [0.29, 0.717) is 6.54 Å². The normalized spacial score (nSPS) is 22.3. The van der Waals surface area contributed by atoms with Gasteiger partial charge in [0.25, 0.3) is 0 Å². The molecule has 138 valence electrons. The topological polar surface area (TPSA) is 52.7 Å². The van der Waals surface area contributed by atoms with Gasteiger partial charge in [-0.25, -0.2) is 0 Å². The van der Waals surface area contributed by atoms with Crippen molar-refractivity contribution < 1.29 is 9.59 Å². The molecule has 2 aliphatic heterocycles. The van der Waals surface area contributed by atoms with Crippen LogP contribution in [0.15, 0.2) is 17.5 Å². The third-order valence-corrected chi connectivity index (χ3v) is 6.28. The number of carbonyl (C=O) groups excluding carboxylic acids is 2. The molecule has 6 heteroatoms. The summed E-state index contributed by atoms with van der Waals surface area (Å²) in [6, 6.07) is 4.47. The molecule has 1 atom stereocenters. The maximum absolute atomic E-state index is 12.8. The number of piperidine rings is 1. The van der Waals surface area contributed by atoms with Crippen LogP contribution in [0.25, 0.3) is 0 Å². The van der Waals surface area contributed by atoms with Gasteiger partial charge in [-0.3, -0.25) is 14.5 Å². The van der Waals surface area contributed by atoms with Gasteiger partial charge >= 0.3 is 0 Å². The number of likely N-dealkylation sites (tertiary alicyclic amines) is 2. The highest BCUT2D eigenvalue weighted by atomic mass is 32.1. The summed E-state index contributed by atoms with van der Waals surface area (Å²) < 4.78 is 0. The lowest BCUT2D eigenvalue weighted by Crippen LogP contribution is -2.45. The highest BCUT2D eigenvalue weighted by Crippen LogP contribution is 2.34. The molecule has 1 aromatic heterocycles. The Hall–Kier alpha value is -1.40. The van der Waals surface area contributed by atoms with Crippen molar-refractivity contribution in [1.82, 2.24) is 15.1 Å². The highest BCUT2D eigenvalue weighted by molar-refractivity contribution is 7.10. The molecule has 2 aliphatic rings. The lowest BCUT2D eigenvalue weighted by Gasteiger charge is -2.33. The van der Waals surface area contributed by atoms with E-state index in [4.69, 9.17) is 0 Å². The van der Waals surface area contributed by atoms with Crippen LogP contribution in [0.3, 0.4) is 0 Å². The molecule has 5 nitrogen and oxygen atoms in total. The van der Waals surface area contributed by atoms with Crippen molar-refractivity contribution >= 4 is 23.2 Å². The number of nitrogens with zero attached hydrogens (tertiary/aromatic N) is 2. The molecule has 1 N–H and O–H groups in total. The summed E-state index contributed by atoms with van der Waals surface area (Å²) in [6.07, 6.45) is 4.86. The third-order valence-electron chi connectivity index (χ3n) is 5.31. The zero-order chi connectivity index (χ0) is 17.6. The molecule has 0 bridgehead atoms. The van der Waals surface area contributed by atoms with Gasteiger partial charge in [0.05, 0.1) is 12.6 Å². The van der Waals surface area contributed by atoms with Crippen LogP contribution in [0.1, 0.15) is 49.9 Å². The monoisotopic (exact) mass is 363 g/mol. The molecule has 3 heterocycles. The zero-order valence-electron chi connectivity index (χ0n) is 15.1. The minimum atomic E-state index is 0.114. The van der Waals surface area contributed by atoms with Crippen molar-refractivity contribution in [2.75, 3.05) is 32.7 Å². The molecule has 0 aromatic carbocycles. The van der Waals surface area contributed by atoms with E-state index in [9.17, 15) is 9.59 Å². The number of hydrogen-bond acceptors (Lipinski definition) is 4. The van der Waals surface area contributed by atoms with E-state index >= 15 is 0 Å². The highest BCUT2D eigenvalue weighted by Gasteiger charge is 2.32. The van der Waals surface area contributed by atoms with E-state index in [1.54, 1.807) is 11.3 Å². The number of nitrogens with one attached hydrogen (secondary N) is 1. The van der Waals surface area contributed by atoms with Crippen LogP contribution in [0, 0.1) is 5.92 Å². The van der Waals surface area contributed by atoms with Crippen LogP contribution in [0.2, 0.25) is 0 Å². The van der Waals surface area contributed by atoms with E-state index in [0.717, 1.165) is 58.3 Å². The molecule has 3 rings (SSSR count). The zero-order valence-corrected chi connectivity index (χ0v) is 15.9. The second kappa shape index (κ2) is 8.81. The summed E-state index contributed by atoms with van der Waals surface area (Å²) in [4.78, 5) is 30.4. The second-order valence-electron chi connectivity index (χ2n) is 7.10. The van der Waals surface area contributed by atoms with Gasteiger partial charge in [0, 0.05) is 23.9 Å². The van der Waals surface area contributed by atoms with Gasteiger partial charge in [-0.2, -0.15) is 0 Å². The molecule has 0 saturated carbocycles. The standard InChI is InChI=1S/C19H29N3O2S/c1-2-9-20-19(24)15-7-11-21(12-8-15)14-18(23)22-10-3-5-16(22)17-6-4-13-25-17/h4,6,13,15-16H,2-3,5,7-12,14H2,1H3,(H,20,24). The SMILES string of the molecule is CCCNC(=O)C1CCN(CC(=O)N2CCCC2c2cccs2)CC1. The van der Waals surface area contributed by atoms with Crippen molar-refractivity contribution in [2.45, 2.75) is 45.1 Å². The Bertz CT molecular complexity index is 567. The van der Waals surface area contributed by atoms with Crippen LogP contribution in [0.4, 0.5) is 0 Å². The molecular formula is C19H29N3O2S. The van der Waals surface area contributed by atoms with Gasteiger partial charge in [-0.15, -0.1) is 11.3 Å². The molecule has 0 spiro atoms. The van der Waals surface area contributed by atoms with Crippen LogP contribution >= 0.6 is 11.3 Å². The average Bonchev–Trinajstić information content (AvgIpc) is 3.31. The van der Waals surface area contributed by atoms with Gasteiger partial charge in [-0.05, 0) is 56.6 Å². The number of carbonyl (C=O) groups is 2. The predicted molar refractivity (Wildman–Crippen MR) is 100 cm³/mol. The maximum atomic E-state index is 12.8.